The average Bonchev–Trinajstić information content (AvgIpc) is 3.05. The van der Waals surface area contributed by atoms with E-state index in [1.807, 2.05) is 0 Å². The lowest BCUT2D eigenvalue weighted by atomic mass is 10.1. The first-order valence-corrected chi connectivity index (χ1v) is 19.4. The van der Waals surface area contributed by atoms with E-state index in [0.29, 0.717) is 35.8 Å². The molecule has 6 nitrogen and oxygen atoms in total. The number of hydrogen-bond acceptors (Lipinski definition) is 6. The Hall–Kier alpha value is -2.24. The normalized spacial score (nSPS) is 11.0. The fraction of sp³-hybridized carbons (Fsp3) is 0.800. The van der Waals surface area contributed by atoms with Gasteiger partial charge in [0.25, 0.3) is 0 Å². The number of carbonyl (C=O) groups excluding carboxylic acids is 2. The summed E-state index contributed by atoms with van der Waals surface area (Å²) in [6.07, 6.45) is 30.4. The van der Waals surface area contributed by atoms with Crippen molar-refractivity contribution in [2.45, 2.75) is 182 Å². The van der Waals surface area contributed by atoms with Gasteiger partial charge in [-0.25, -0.2) is 9.59 Å². The Morgan fingerprint density at radius 1 is 0.413 bits per heavy atom. The van der Waals surface area contributed by atoms with Gasteiger partial charge in [0.05, 0.1) is 26.4 Å². The third kappa shape index (κ3) is 20.8. The molecule has 0 heterocycles. The molecule has 0 aromatic heterocycles. The van der Waals surface area contributed by atoms with Crippen LogP contribution in [0, 0.1) is 0 Å². The maximum atomic E-state index is 12.9. The maximum Gasteiger partial charge on any atom is 0.342 e. The Kier molecular flexibility index (Phi) is 27.4. The second kappa shape index (κ2) is 30.1. The molecular weight excluding hydrogens is 576 g/mol. The second-order valence-electron chi connectivity index (χ2n) is 12.8. The molecule has 0 aliphatic carbocycles. The number of rotatable bonds is 32. The molecular formula is C40H70O6. The Morgan fingerprint density at radius 2 is 0.674 bits per heavy atom. The number of unbranched alkanes of at least 4 members (excludes halogenated alkanes) is 22. The predicted molar refractivity (Wildman–Crippen MR) is 192 cm³/mol. The summed E-state index contributed by atoms with van der Waals surface area (Å²) in [4.78, 5) is 25.7. The van der Waals surface area contributed by atoms with Crippen LogP contribution in [0.1, 0.15) is 203 Å². The van der Waals surface area contributed by atoms with E-state index in [9.17, 15) is 9.59 Å². The Bertz CT molecular complexity index is 811. The molecule has 266 valence electrons. The zero-order chi connectivity index (χ0) is 33.5. The molecule has 0 saturated carbocycles. The van der Waals surface area contributed by atoms with E-state index in [1.165, 1.54) is 128 Å². The molecule has 0 unspecified atom stereocenters. The first kappa shape index (κ1) is 41.8. The molecule has 46 heavy (non-hydrogen) atoms. The molecule has 0 N–H and O–H groups in total. The van der Waals surface area contributed by atoms with Crippen LogP contribution in [0.15, 0.2) is 12.1 Å². The Morgan fingerprint density at radius 3 is 0.935 bits per heavy atom. The molecule has 0 bridgehead atoms. The van der Waals surface area contributed by atoms with Gasteiger partial charge in [-0.1, -0.05) is 155 Å². The average molecular weight is 647 g/mol. The summed E-state index contributed by atoms with van der Waals surface area (Å²) in [6.45, 7) is 9.55. The van der Waals surface area contributed by atoms with Crippen molar-refractivity contribution < 1.29 is 28.5 Å². The predicted octanol–water partition coefficient (Wildman–Crippen LogP) is 12.2. The van der Waals surface area contributed by atoms with E-state index in [-0.39, 0.29) is 13.2 Å². The summed E-state index contributed by atoms with van der Waals surface area (Å²) in [6, 6.07) is 3.20. The lowest BCUT2D eigenvalue weighted by Gasteiger charge is -2.16. The van der Waals surface area contributed by atoms with Crippen molar-refractivity contribution in [3.63, 3.8) is 0 Å². The minimum Gasteiger partial charge on any atom is -0.493 e. The zero-order valence-corrected chi connectivity index (χ0v) is 30.4. The monoisotopic (exact) mass is 647 g/mol. The minimum absolute atomic E-state index is 0.256. The van der Waals surface area contributed by atoms with Gasteiger partial charge >= 0.3 is 11.9 Å². The highest BCUT2D eigenvalue weighted by Crippen LogP contribution is 2.31. The highest BCUT2D eigenvalue weighted by Gasteiger charge is 2.23. The van der Waals surface area contributed by atoms with Crippen molar-refractivity contribution in [1.29, 1.82) is 0 Å². The van der Waals surface area contributed by atoms with Crippen molar-refractivity contribution in [2.75, 3.05) is 26.4 Å². The van der Waals surface area contributed by atoms with Crippen LogP contribution in [-0.4, -0.2) is 38.4 Å². The van der Waals surface area contributed by atoms with Gasteiger partial charge in [0.15, 0.2) is 0 Å². The van der Waals surface area contributed by atoms with Crippen LogP contribution < -0.4 is 9.47 Å². The molecule has 1 aromatic carbocycles. The van der Waals surface area contributed by atoms with Crippen molar-refractivity contribution >= 4 is 11.9 Å². The van der Waals surface area contributed by atoms with Gasteiger partial charge < -0.3 is 18.9 Å². The highest BCUT2D eigenvalue weighted by molar-refractivity contribution is 5.98. The summed E-state index contributed by atoms with van der Waals surface area (Å²) in [5.74, 6) is -0.250. The molecule has 0 aliphatic rings. The van der Waals surface area contributed by atoms with Crippen molar-refractivity contribution in [3.8, 4) is 11.5 Å². The lowest BCUT2D eigenvalue weighted by molar-refractivity contribution is 0.0503. The van der Waals surface area contributed by atoms with Crippen LogP contribution in [-0.2, 0) is 9.47 Å². The smallest absolute Gasteiger partial charge is 0.342 e. The molecule has 6 heteroatoms. The summed E-state index contributed by atoms with van der Waals surface area (Å²) in [5, 5.41) is 0. The van der Waals surface area contributed by atoms with Gasteiger partial charge in [-0.2, -0.15) is 0 Å². The minimum atomic E-state index is -0.474. The van der Waals surface area contributed by atoms with Gasteiger partial charge in [0, 0.05) is 0 Å². The molecule has 0 aliphatic heterocycles. The first-order chi connectivity index (χ1) is 22.6. The summed E-state index contributed by atoms with van der Waals surface area (Å²) < 4.78 is 22.8. The molecule has 0 radical (unpaired) electrons. The van der Waals surface area contributed by atoms with E-state index in [0.717, 1.165) is 25.7 Å². The number of carbonyl (C=O) groups is 2. The largest absolute Gasteiger partial charge is 0.493 e. The topological polar surface area (TPSA) is 71.1 Å². The van der Waals surface area contributed by atoms with Gasteiger partial charge in [-0.3, -0.25) is 0 Å². The van der Waals surface area contributed by atoms with Crippen molar-refractivity contribution in [1.82, 2.24) is 0 Å². The highest BCUT2D eigenvalue weighted by atomic mass is 16.5. The van der Waals surface area contributed by atoms with Crippen molar-refractivity contribution in [2.24, 2.45) is 0 Å². The molecule has 1 aromatic rings. The Labute approximate surface area is 283 Å². The lowest BCUT2D eigenvalue weighted by Crippen LogP contribution is -2.14. The van der Waals surface area contributed by atoms with Gasteiger partial charge in [0.2, 0.25) is 0 Å². The quantitative estimate of drug-likeness (QED) is 0.0573. The van der Waals surface area contributed by atoms with E-state index in [4.69, 9.17) is 18.9 Å². The molecule has 0 fully saturated rings. The number of benzene rings is 1. The fourth-order valence-corrected chi connectivity index (χ4v) is 5.79. The molecule has 0 saturated heterocycles. The van der Waals surface area contributed by atoms with Crippen molar-refractivity contribution in [3.05, 3.63) is 23.3 Å². The van der Waals surface area contributed by atoms with Crippen LogP contribution in [0.25, 0.3) is 0 Å². The molecule has 0 amide bonds. The van der Waals surface area contributed by atoms with Gasteiger partial charge in [0.1, 0.15) is 22.6 Å². The van der Waals surface area contributed by atoms with E-state index >= 15 is 0 Å². The molecule has 1 rings (SSSR count). The second-order valence-corrected chi connectivity index (χ2v) is 12.8. The van der Waals surface area contributed by atoms with Crippen LogP contribution in [0.4, 0.5) is 0 Å². The summed E-state index contributed by atoms with van der Waals surface area (Å²) >= 11 is 0. The first-order valence-electron chi connectivity index (χ1n) is 19.4. The third-order valence-corrected chi connectivity index (χ3v) is 8.58. The number of esters is 2. The Balaban J connectivity index is 2.55. The standard InChI is InChI=1S/C40H70O6/c1-5-9-11-13-15-17-19-21-23-25-27-29-31-45-37-33-36(40(42)44-8-4)38(34-35(37)39(41)43-7-3)46-32-30-28-26-24-22-20-18-16-14-12-10-6-2/h33-34H,5-32H2,1-4H3. The van der Waals surface area contributed by atoms with E-state index in [2.05, 4.69) is 13.8 Å². The number of ether oxygens (including phenoxy) is 4. The van der Waals surface area contributed by atoms with E-state index in [1.54, 1.807) is 26.0 Å². The number of hydrogen-bond donors (Lipinski definition) is 0. The fourth-order valence-electron chi connectivity index (χ4n) is 5.79. The molecule has 0 atom stereocenters. The molecule has 0 spiro atoms. The van der Waals surface area contributed by atoms with E-state index < -0.39 is 11.9 Å². The van der Waals surface area contributed by atoms with Gasteiger partial charge in [-0.05, 0) is 38.8 Å². The summed E-state index contributed by atoms with van der Waals surface area (Å²) in [5.41, 5.74) is 0.581. The zero-order valence-electron chi connectivity index (χ0n) is 30.4. The maximum absolute atomic E-state index is 12.9. The van der Waals surface area contributed by atoms with Crippen LogP contribution >= 0.6 is 0 Å². The SMILES string of the molecule is CCCCCCCCCCCCCCOc1cc(C(=O)OCC)c(OCCCCCCCCCCCCCC)cc1C(=O)OCC. The van der Waals surface area contributed by atoms with Gasteiger partial charge in [-0.15, -0.1) is 0 Å². The summed E-state index contributed by atoms with van der Waals surface area (Å²) in [7, 11) is 0. The van der Waals surface area contributed by atoms with Crippen LogP contribution in [0.2, 0.25) is 0 Å². The van der Waals surface area contributed by atoms with Crippen LogP contribution in [0.3, 0.4) is 0 Å². The third-order valence-electron chi connectivity index (χ3n) is 8.58. The van der Waals surface area contributed by atoms with Crippen LogP contribution in [0.5, 0.6) is 11.5 Å².